The number of aromatic nitrogens is 1. The molecule has 162 valence electrons. The maximum Gasteiger partial charge on any atom is 0.251 e. The molecule has 6 nitrogen and oxygen atoms in total. The van der Waals surface area contributed by atoms with Crippen LogP contribution in [0.5, 0.6) is 0 Å². The van der Waals surface area contributed by atoms with Gasteiger partial charge < -0.3 is 10.2 Å². The molecule has 3 aromatic rings. The smallest absolute Gasteiger partial charge is 0.251 e. The number of pyridine rings is 1. The second kappa shape index (κ2) is 8.66. The normalized spacial score (nSPS) is 15.5. The number of nitrogens with zero attached hydrogens (tertiary/aromatic N) is 2. The number of halogens is 2. The number of benzene rings is 2. The molecule has 1 aromatic heterocycles. The van der Waals surface area contributed by atoms with Crippen LogP contribution in [0.4, 0.5) is 14.5 Å². The molecule has 32 heavy (non-hydrogen) atoms. The Morgan fingerprint density at radius 1 is 1.06 bits per heavy atom. The van der Waals surface area contributed by atoms with Crippen LogP contribution in [0.2, 0.25) is 0 Å². The summed E-state index contributed by atoms with van der Waals surface area (Å²) in [5.74, 6) is -4.41. The van der Waals surface area contributed by atoms with Crippen LogP contribution >= 0.6 is 0 Å². The van der Waals surface area contributed by atoms with E-state index in [9.17, 15) is 23.2 Å². The largest absolute Gasteiger partial charge is 0.348 e. The first-order chi connectivity index (χ1) is 15.3. The Labute approximate surface area is 182 Å². The average molecular weight is 435 g/mol. The topological polar surface area (TPSA) is 79.4 Å². The van der Waals surface area contributed by atoms with Gasteiger partial charge in [0.1, 0.15) is 5.92 Å². The standard InChI is InChI=1S/C24H19F2N3O3/c1-29-21-7-5-16(23(31)28-13-15-3-2-8-27-12-15)11-17(21)22(30)18(24(29)32)9-14-4-6-19(25)20(26)10-14/h2-8,10-12,18H,9,13H2,1H3,(H,28,31). The zero-order chi connectivity index (χ0) is 22.8. The molecule has 1 aliphatic rings. The van der Waals surface area contributed by atoms with E-state index >= 15 is 0 Å². The lowest BCUT2D eigenvalue weighted by atomic mass is 9.85. The molecule has 1 atom stereocenters. The number of rotatable bonds is 5. The number of carbonyl (C=O) groups is 3. The van der Waals surface area contributed by atoms with Crippen LogP contribution in [-0.2, 0) is 17.8 Å². The first-order valence-corrected chi connectivity index (χ1v) is 9.92. The number of Topliss-reactive ketones (excluding diaryl/α,β-unsaturated/α-hetero) is 1. The van der Waals surface area contributed by atoms with Crippen molar-refractivity contribution in [2.45, 2.75) is 13.0 Å². The van der Waals surface area contributed by atoms with E-state index in [-0.39, 0.29) is 30.0 Å². The Hall–Kier alpha value is -3.94. The third-order valence-corrected chi connectivity index (χ3v) is 5.43. The van der Waals surface area contributed by atoms with Crippen molar-refractivity contribution in [2.75, 3.05) is 11.9 Å². The highest BCUT2D eigenvalue weighted by molar-refractivity contribution is 6.22. The molecule has 2 amide bonds. The van der Waals surface area contributed by atoms with E-state index in [1.165, 1.54) is 24.1 Å². The van der Waals surface area contributed by atoms with Crippen molar-refractivity contribution in [3.63, 3.8) is 0 Å². The number of fused-ring (bicyclic) bond motifs is 1. The summed E-state index contributed by atoms with van der Waals surface area (Å²) >= 11 is 0. The maximum atomic E-state index is 13.6. The fourth-order valence-electron chi connectivity index (χ4n) is 3.69. The molecule has 2 heterocycles. The number of carbonyl (C=O) groups excluding carboxylic acids is 3. The van der Waals surface area contributed by atoms with E-state index in [4.69, 9.17) is 0 Å². The van der Waals surface area contributed by atoms with Crippen LogP contribution in [0.25, 0.3) is 0 Å². The van der Waals surface area contributed by atoms with Crippen molar-refractivity contribution in [2.24, 2.45) is 5.92 Å². The predicted octanol–water partition coefficient (Wildman–Crippen LogP) is 3.31. The van der Waals surface area contributed by atoms with Gasteiger partial charge >= 0.3 is 0 Å². The number of hydrogen-bond acceptors (Lipinski definition) is 4. The van der Waals surface area contributed by atoms with Crippen molar-refractivity contribution >= 4 is 23.3 Å². The summed E-state index contributed by atoms with van der Waals surface area (Å²) in [6, 6.07) is 11.4. The molecule has 0 bridgehead atoms. The van der Waals surface area contributed by atoms with Crippen LogP contribution in [0.1, 0.15) is 31.8 Å². The monoisotopic (exact) mass is 435 g/mol. The molecule has 1 unspecified atom stereocenters. The fourth-order valence-corrected chi connectivity index (χ4v) is 3.69. The number of nitrogens with one attached hydrogen (secondary N) is 1. The van der Waals surface area contributed by atoms with E-state index in [1.54, 1.807) is 30.6 Å². The molecule has 0 saturated heterocycles. The highest BCUT2D eigenvalue weighted by Gasteiger charge is 2.38. The molecule has 1 N–H and O–H groups in total. The average Bonchev–Trinajstić information content (AvgIpc) is 2.81. The van der Waals surface area contributed by atoms with Gasteiger partial charge in [0.15, 0.2) is 17.4 Å². The van der Waals surface area contributed by atoms with Crippen molar-refractivity contribution in [1.82, 2.24) is 10.3 Å². The quantitative estimate of drug-likeness (QED) is 0.624. The maximum absolute atomic E-state index is 13.6. The van der Waals surface area contributed by atoms with Gasteiger partial charge in [-0.1, -0.05) is 12.1 Å². The SMILES string of the molecule is CN1C(=O)C(Cc2ccc(F)c(F)c2)C(=O)c2cc(C(=O)NCc3cccnc3)ccc21. The highest BCUT2D eigenvalue weighted by atomic mass is 19.2. The molecule has 2 aromatic carbocycles. The third kappa shape index (κ3) is 4.12. The lowest BCUT2D eigenvalue weighted by molar-refractivity contribution is -0.121. The van der Waals surface area contributed by atoms with Crippen LogP contribution < -0.4 is 10.2 Å². The van der Waals surface area contributed by atoms with Gasteiger partial charge in [-0.25, -0.2) is 8.78 Å². The lowest BCUT2D eigenvalue weighted by Crippen LogP contribution is -2.43. The zero-order valence-electron chi connectivity index (χ0n) is 17.1. The molecule has 0 spiro atoms. The lowest BCUT2D eigenvalue weighted by Gasteiger charge is -2.30. The second-order valence-electron chi connectivity index (χ2n) is 7.54. The molecular weight excluding hydrogens is 416 g/mol. The number of amides is 2. The van der Waals surface area contributed by atoms with Gasteiger partial charge in [0.2, 0.25) is 5.91 Å². The van der Waals surface area contributed by atoms with Gasteiger partial charge in [0.05, 0.1) is 5.69 Å². The third-order valence-electron chi connectivity index (χ3n) is 5.43. The van der Waals surface area contributed by atoms with Crippen molar-refractivity contribution in [3.05, 3.63) is 94.8 Å². The van der Waals surface area contributed by atoms with Crippen molar-refractivity contribution in [3.8, 4) is 0 Å². The van der Waals surface area contributed by atoms with Gasteiger partial charge in [-0.3, -0.25) is 19.4 Å². The Morgan fingerprint density at radius 2 is 1.88 bits per heavy atom. The summed E-state index contributed by atoms with van der Waals surface area (Å²) in [5.41, 5.74) is 2.05. The summed E-state index contributed by atoms with van der Waals surface area (Å²) < 4.78 is 26.8. The fraction of sp³-hybridized carbons (Fsp3) is 0.167. The van der Waals surface area contributed by atoms with Crippen molar-refractivity contribution in [1.29, 1.82) is 0 Å². The number of hydrogen-bond donors (Lipinski definition) is 1. The summed E-state index contributed by atoms with van der Waals surface area (Å²) in [5, 5.41) is 2.77. The summed E-state index contributed by atoms with van der Waals surface area (Å²) in [7, 11) is 1.54. The van der Waals surface area contributed by atoms with E-state index in [1.807, 2.05) is 6.07 Å². The van der Waals surface area contributed by atoms with Crippen LogP contribution in [0.3, 0.4) is 0 Å². The Bertz CT molecular complexity index is 1210. The molecule has 0 aliphatic carbocycles. The van der Waals surface area contributed by atoms with Gasteiger partial charge in [-0.2, -0.15) is 0 Å². The molecule has 1 aliphatic heterocycles. The molecule has 4 rings (SSSR count). The van der Waals surface area contributed by atoms with E-state index in [0.717, 1.165) is 17.7 Å². The van der Waals surface area contributed by atoms with E-state index < -0.39 is 29.2 Å². The van der Waals surface area contributed by atoms with Crippen molar-refractivity contribution < 1.29 is 23.2 Å². The van der Waals surface area contributed by atoms with E-state index in [2.05, 4.69) is 10.3 Å². The second-order valence-corrected chi connectivity index (χ2v) is 7.54. The summed E-state index contributed by atoms with van der Waals surface area (Å²) in [6.45, 7) is 0.273. The Kier molecular flexibility index (Phi) is 5.77. The van der Waals surface area contributed by atoms with Gasteiger partial charge in [0.25, 0.3) is 5.91 Å². The minimum atomic E-state index is -1.09. The molecule has 0 radical (unpaired) electrons. The molecule has 8 heteroatoms. The summed E-state index contributed by atoms with van der Waals surface area (Å²) in [4.78, 5) is 43.8. The number of anilines is 1. The molecule has 0 saturated carbocycles. The van der Waals surface area contributed by atoms with Crippen LogP contribution in [-0.4, -0.2) is 29.6 Å². The molecule has 0 fully saturated rings. The highest BCUT2D eigenvalue weighted by Crippen LogP contribution is 2.32. The predicted molar refractivity (Wildman–Crippen MR) is 113 cm³/mol. The van der Waals surface area contributed by atoms with Crippen LogP contribution in [0, 0.1) is 17.6 Å². The Balaban J connectivity index is 1.57. The molecular formula is C24H19F2N3O3. The van der Waals surface area contributed by atoms with Gasteiger partial charge in [-0.15, -0.1) is 0 Å². The zero-order valence-corrected chi connectivity index (χ0v) is 17.1. The first kappa shape index (κ1) is 21.3. The minimum absolute atomic E-state index is 0.0733. The Morgan fingerprint density at radius 3 is 2.59 bits per heavy atom. The summed E-state index contributed by atoms with van der Waals surface area (Å²) in [6.07, 6.45) is 3.20. The number of ketones is 1. The van der Waals surface area contributed by atoms with Gasteiger partial charge in [0, 0.05) is 37.1 Å². The van der Waals surface area contributed by atoms with E-state index in [0.29, 0.717) is 11.3 Å². The first-order valence-electron chi connectivity index (χ1n) is 9.92. The van der Waals surface area contributed by atoms with Crippen LogP contribution in [0.15, 0.2) is 60.9 Å². The van der Waals surface area contributed by atoms with Gasteiger partial charge in [-0.05, 0) is 53.9 Å². The minimum Gasteiger partial charge on any atom is -0.348 e.